The molecular weight excluding hydrogens is 326 g/mol. The van der Waals surface area contributed by atoms with Gasteiger partial charge in [-0.05, 0) is 54.7 Å². The van der Waals surface area contributed by atoms with Gasteiger partial charge in [-0.1, -0.05) is 29.8 Å². The molecule has 1 aliphatic rings. The Bertz CT molecular complexity index is 700. The van der Waals surface area contributed by atoms with Crippen molar-refractivity contribution in [3.05, 3.63) is 58.6 Å². The molecule has 1 N–H and O–H groups in total. The number of amides is 1. The molecule has 2 aromatic carbocycles. The molecule has 4 nitrogen and oxygen atoms in total. The molecule has 0 aromatic heterocycles. The van der Waals surface area contributed by atoms with E-state index in [9.17, 15) is 4.79 Å². The summed E-state index contributed by atoms with van der Waals surface area (Å²) in [5.74, 6) is 1.60. The number of hydrogen-bond donors (Lipinski definition) is 1. The maximum atomic E-state index is 11.9. The van der Waals surface area contributed by atoms with Crippen molar-refractivity contribution in [1.29, 1.82) is 0 Å². The zero-order valence-electron chi connectivity index (χ0n) is 13.4. The Morgan fingerprint density at radius 1 is 1.00 bits per heavy atom. The monoisotopic (exact) mass is 345 g/mol. The molecule has 1 amide bonds. The van der Waals surface area contributed by atoms with Crippen LogP contribution in [0.5, 0.6) is 11.5 Å². The van der Waals surface area contributed by atoms with Crippen LogP contribution in [-0.2, 0) is 17.6 Å². The van der Waals surface area contributed by atoms with Crippen LogP contribution in [0.4, 0.5) is 0 Å². The first-order chi connectivity index (χ1) is 11.7. The lowest BCUT2D eigenvalue weighted by Crippen LogP contribution is -2.24. The largest absolute Gasteiger partial charge is 0.454 e. The van der Waals surface area contributed by atoms with E-state index in [0.717, 1.165) is 34.9 Å². The summed E-state index contributed by atoms with van der Waals surface area (Å²) in [5, 5.41) is 3.71. The third kappa shape index (κ3) is 4.65. The number of nitrogens with one attached hydrogen (secondary N) is 1. The van der Waals surface area contributed by atoms with Crippen molar-refractivity contribution < 1.29 is 14.3 Å². The van der Waals surface area contributed by atoms with E-state index >= 15 is 0 Å². The van der Waals surface area contributed by atoms with Gasteiger partial charge in [0.25, 0.3) is 0 Å². The minimum Gasteiger partial charge on any atom is -0.454 e. The van der Waals surface area contributed by atoms with Crippen LogP contribution < -0.4 is 14.8 Å². The Hall–Kier alpha value is -2.20. The molecule has 2 aromatic rings. The molecule has 0 radical (unpaired) electrons. The molecule has 0 saturated carbocycles. The van der Waals surface area contributed by atoms with Gasteiger partial charge in [0.2, 0.25) is 12.7 Å². The highest BCUT2D eigenvalue weighted by Gasteiger charge is 2.13. The van der Waals surface area contributed by atoms with E-state index in [2.05, 4.69) is 5.32 Å². The molecule has 24 heavy (non-hydrogen) atoms. The molecule has 1 heterocycles. The number of rotatable bonds is 7. The lowest BCUT2D eigenvalue weighted by atomic mass is 10.1. The zero-order chi connectivity index (χ0) is 16.8. The van der Waals surface area contributed by atoms with Crippen LogP contribution >= 0.6 is 11.6 Å². The van der Waals surface area contributed by atoms with E-state index in [1.165, 1.54) is 5.56 Å². The van der Waals surface area contributed by atoms with Crippen LogP contribution in [0.1, 0.15) is 24.0 Å². The third-order valence-electron chi connectivity index (χ3n) is 3.96. The first kappa shape index (κ1) is 16.7. The summed E-state index contributed by atoms with van der Waals surface area (Å²) in [6.45, 7) is 0.954. The Morgan fingerprint density at radius 2 is 1.75 bits per heavy atom. The smallest absolute Gasteiger partial charge is 0.231 e. The Kier molecular flexibility index (Phi) is 5.59. The van der Waals surface area contributed by atoms with Gasteiger partial charge in [0, 0.05) is 18.0 Å². The van der Waals surface area contributed by atoms with Crippen molar-refractivity contribution in [1.82, 2.24) is 5.32 Å². The number of fused-ring (bicyclic) bond motifs is 1. The molecule has 3 rings (SSSR count). The van der Waals surface area contributed by atoms with Crippen LogP contribution in [0, 0.1) is 0 Å². The van der Waals surface area contributed by atoms with Crippen LogP contribution in [0.3, 0.4) is 0 Å². The lowest BCUT2D eigenvalue weighted by molar-refractivity contribution is -0.121. The predicted molar refractivity (Wildman–Crippen MR) is 93.7 cm³/mol. The second-order valence-electron chi connectivity index (χ2n) is 5.77. The van der Waals surface area contributed by atoms with E-state index in [1.807, 2.05) is 42.5 Å². The van der Waals surface area contributed by atoms with Gasteiger partial charge in [-0.3, -0.25) is 4.79 Å². The van der Waals surface area contributed by atoms with Gasteiger partial charge in [-0.2, -0.15) is 0 Å². The maximum absolute atomic E-state index is 11.9. The molecule has 5 heteroatoms. The fourth-order valence-corrected chi connectivity index (χ4v) is 2.74. The summed E-state index contributed by atoms with van der Waals surface area (Å²) in [6, 6.07) is 13.6. The summed E-state index contributed by atoms with van der Waals surface area (Å²) in [6.07, 6.45) is 3.01. The van der Waals surface area contributed by atoms with E-state index in [4.69, 9.17) is 21.1 Å². The molecular formula is C19H20ClNO3. The van der Waals surface area contributed by atoms with E-state index in [0.29, 0.717) is 19.4 Å². The summed E-state index contributed by atoms with van der Waals surface area (Å²) >= 11 is 5.86. The molecule has 126 valence electrons. The van der Waals surface area contributed by atoms with Crippen molar-refractivity contribution in [2.45, 2.75) is 25.7 Å². The number of halogens is 1. The fraction of sp³-hybridized carbons (Fsp3) is 0.316. The van der Waals surface area contributed by atoms with Gasteiger partial charge in [0.05, 0.1) is 0 Å². The van der Waals surface area contributed by atoms with Crippen molar-refractivity contribution >= 4 is 17.5 Å². The Balaban J connectivity index is 1.34. The number of carbonyl (C=O) groups excluding carboxylic acids is 1. The molecule has 0 saturated heterocycles. The summed E-state index contributed by atoms with van der Waals surface area (Å²) in [5.41, 5.74) is 2.31. The van der Waals surface area contributed by atoms with Gasteiger partial charge in [0.15, 0.2) is 11.5 Å². The highest BCUT2D eigenvalue weighted by molar-refractivity contribution is 6.30. The topological polar surface area (TPSA) is 47.6 Å². The van der Waals surface area contributed by atoms with E-state index < -0.39 is 0 Å². The van der Waals surface area contributed by atoms with E-state index in [1.54, 1.807) is 0 Å². The molecule has 0 bridgehead atoms. The van der Waals surface area contributed by atoms with E-state index in [-0.39, 0.29) is 12.7 Å². The van der Waals surface area contributed by atoms with Crippen molar-refractivity contribution in [3.63, 3.8) is 0 Å². The molecule has 0 aliphatic carbocycles. The van der Waals surface area contributed by atoms with Crippen LogP contribution in [0.2, 0.25) is 5.02 Å². The maximum Gasteiger partial charge on any atom is 0.231 e. The molecule has 0 spiro atoms. The van der Waals surface area contributed by atoms with Crippen LogP contribution in [0.25, 0.3) is 0 Å². The average molecular weight is 346 g/mol. The first-order valence-corrected chi connectivity index (χ1v) is 8.48. The minimum atomic E-state index is 0.0729. The minimum absolute atomic E-state index is 0.0729. The fourth-order valence-electron chi connectivity index (χ4n) is 2.61. The van der Waals surface area contributed by atoms with Gasteiger partial charge in [-0.25, -0.2) is 0 Å². The predicted octanol–water partition coefficient (Wildman–Crippen LogP) is 3.75. The zero-order valence-corrected chi connectivity index (χ0v) is 14.1. The average Bonchev–Trinajstić information content (AvgIpc) is 3.06. The second-order valence-corrected chi connectivity index (χ2v) is 6.20. The van der Waals surface area contributed by atoms with Gasteiger partial charge < -0.3 is 14.8 Å². The SMILES string of the molecule is O=C(CCc1ccc2c(c1)OCO2)NCCCc1ccc(Cl)cc1. The lowest BCUT2D eigenvalue weighted by Gasteiger charge is -2.06. The Labute approximate surface area is 146 Å². The second kappa shape index (κ2) is 8.06. The van der Waals surface area contributed by atoms with Gasteiger partial charge in [0.1, 0.15) is 0 Å². The molecule has 0 unspecified atom stereocenters. The summed E-state index contributed by atoms with van der Waals surface area (Å²) in [7, 11) is 0. The van der Waals surface area contributed by atoms with Crippen molar-refractivity contribution in [2.24, 2.45) is 0 Å². The molecule has 1 aliphatic heterocycles. The van der Waals surface area contributed by atoms with Crippen molar-refractivity contribution in [2.75, 3.05) is 13.3 Å². The first-order valence-electron chi connectivity index (χ1n) is 8.10. The third-order valence-corrected chi connectivity index (χ3v) is 4.21. The van der Waals surface area contributed by atoms with Crippen molar-refractivity contribution in [3.8, 4) is 11.5 Å². The Morgan fingerprint density at radius 3 is 2.58 bits per heavy atom. The molecule has 0 fully saturated rings. The number of carbonyl (C=O) groups is 1. The normalized spacial score (nSPS) is 12.2. The number of hydrogen-bond acceptors (Lipinski definition) is 3. The summed E-state index contributed by atoms with van der Waals surface area (Å²) < 4.78 is 10.6. The van der Waals surface area contributed by atoms with Gasteiger partial charge >= 0.3 is 0 Å². The van der Waals surface area contributed by atoms with Crippen LogP contribution in [0.15, 0.2) is 42.5 Å². The number of aryl methyl sites for hydroxylation is 2. The standard InChI is InChI=1S/C19H20ClNO3/c20-16-7-3-14(4-8-16)2-1-11-21-19(22)10-6-15-5-9-17-18(12-15)24-13-23-17/h3-5,7-9,12H,1-2,6,10-11,13H2,(H,21,22). The number of ether oxygens (including phenoxy) is 2. The quantitative estimate of drug-likeness (QED) is 0.777. The highest BCUT2D eigenvalue weighted by atomic mass is 35.5. The number of benzene rings is 2. The highest BCUT2D eigenvalue weighted by Crippen LogP contribution is 2.32. The van der Waals surface area contributed by atoms with Gasteiger partial charge in [-0.15, -0.1) is 0 Å². The van der Waals surface area contributed by atoms with Crippen LogP contribution in [-0.4, -0.2) is 19.2 Å². The molecule has 0 atom stereocenters. The summed E-state index contributed by atoms with van der Waals surface area (Å²) in [4.78, 5) is 11.9.